The van der Waals surface area contributed by atoms with Gasteiger partial charge in [0, 0.05) is 20.3 Å². The molecule has 96 valence electrons. The summed E-state index contributed by atoms with van der Waals surface area (Å²) in [4.78, 5) is 11.9. The van der Waals surface area contributed by atoms with Crippen LogP contribution in [0.1, 0.15) is 39.0 Å². The number of methoxy groups -OCH3 is 1. The highest BCUT2D eigenvalue weighted by atomic mass is 16.5. The maximum atomic E-state index is 11.9. The smallest absolute Gasteiger partial charge is 0.240 e. The lowest BCUT2D eigenvalue weighted by atomic mass is 9.63. The predicted molar refractivity (Wildman–Crippen MR) is 65.2 cm³/mol. The van der Waals surface area contributed by atoms with Gasteiger partial charge in [-0.05, 0) is 38.0 Å². The van der Waals surface area contributed by atoms with Gasteiger partial charge in [-0.1, -0.05) is 6.92 Å². The number of carbonyl (C=O) groups is 1. The van der Waals surface area contributed by atoms with Crippen molar-refractivity contribution in [3.63, 3.8) is 0 Å². The molecule has 4 heteroatoms. The summed E-state index contributed by atoms with van der Waals surface area (Å²) in [6.07, 6.45) is 4.43. The highest BCUT2D eigenvalue weighted by Gasteiger charge is 2.48. The van der Waals surface area contributed by atoms with Gasteiger partial charge in [0.05, 0.1) is 6.07 Å². The third kappa shape index (κ3) is 3.71. The SMILES string of the molecule is COCCCCCNC(=O)C1(C#N)CC(C)C1. The summed E-state index contributed by atoms with van der Waals surface area (Å²) in [5.41, 5.74) is -0.730. The number of hydrogen-bond acceptors (Lipinski definition) is 3. The number of rotatable bonds is 7. The average molecular weight is 238 g/mol. The molecule has 1 aliphatic rings. The maximum absolute atomic E-state index is 11.9. The number of nitrogens with one attached hydrogen (secondary N) is 1. The van der Waals surface area contributed by atoms with Crippen LogP contribution in [-0.2, 0) is 9.53 Å². The van der Waals surface area contributed by atoms with Gasteiger partial charge in [0.25, 0.3) is 0 Å². The molecule has 0 aromatic carbocycles. The average Bonchev–Trinajstić information content (AvgIpc) is 2.29. The fourth-order valence-corrected chi connectivity index (χ4v) is 2.38. The number of unbranched alkanes of at least 4 members (excludes halogenated alkanes) is 2. The molecule has 1 rings (SSSR count). The van der Waals surface area contributed by atoms with E-state index in [1.807, 2.05) is 0 Å². The van der Waals surface area contributed by atoms with Crippen LogP contribution in [0, 0.1) is 22.7 Å². The van der Waals surface area contributed by atoms with Gasteiger partial charge in [0.15, 0.2) is 0 Å². The normalized spacial score (nSPS) is 27.0. The Balaban J connectivity index is 2.15. The minimum atomic E-state index is -0.730. The molecule has 0 aromatic rings. The van der Waals surface area contributed by atoms with Crippen LogP contribution < -0.4 is 5.32 Å². The summed E-state index contributed by atoms with van der Waals surface area (Å²) in [6, 6.07) is 2.17. The molecule has 0 saturated heterocycles. The summed E-state index contributed by atoms with van der Waals surface area (Å²) in [6.45, 7) is 3.52. The Morgan fingerprint density at radius 3 is 2.71 bits per heavy atom. The van der Waals surface area contributed by atoms with E-state index in [1.54, 1.807) is 7.11 Å². The van der Waals surface area contributed by atoms with Crippen LogP contribution in [0.5, 0.6) is 0 Å². The first kappa shape index (κ1) is 14.0. The largest absolute Gasteiger partial charge is 0.385 e. The van der Waals surface area contributed by atoms with Crippen LogP contribution in [0.3, 0.4) is 0 Å². The van der Waals surface area contributed by atoms with Crippen LogP contribution >= 0.6 is 0 Å². The van der Waals surface area contributed by atoms with Gasteiger partial charge in [-0.15, -0.1) is 0 Å². The van der Waals surface area contributed by atoms with Gasteiger partial charge in [-0.25, -0.2) is 0 Å². The molecule has 0 atom stereocenters. The molecule has 0 heterocycles. The van der Waals surface area contributed by atoms with E-state index in [-0.39, 0.29) is 5.91 Å². The first-order valence-electron chi connectivity index (χ1n) is 6.33. The zero-order valence-electron chi connectivity index (χ0n) is 10.8. The molecule has 1 fully saturated rings. The van der Waals surface area contributed by atoms with Gasteiger partial charge in [-0.3, -0.25) is 4.79 Å². The van der Waals surface area contributed by atoms with E-state index < -0.39 is 5.41 Å². The molecule has 1 saturated carbocycles. The zero-order chi connectivity index (χ0) is 12.7. The minimum absolute atomic E-state index is 0.0789. The number of amides is 1. The Kier molecular flexibility index (Phi) is 5.43. The van der Waals surface area contributed by atoms with Gasteiger partial charge in [0.1, 0.15) is 5.41 Å². The van der Waals surface area contributed by atoms with Crippen LogP contribution in [0.4, 0.5) is 0 Å². The van der Waals surface area contributed by atoms with Crippen LogP contribution in [0.25, 0.3) is 0 Å². The topological polar surface area (TPSA) is 62.1 Å². The van der Waals surface area contributed by atoms with Crippen molar-refractivity contribution in [1.29, 1.82) is 5.26 Å². The number of hydrogen-bond donors (Lipinski definition) is 1. The molecular weight excluding hydrogens is 216 g/mol. The second kappa shape index (κ2) is 6.61. The third-order valence-electron chi connectivity index (χ3n) is 3.35. The molecular formula is C13H22N2O2. The van der Waals surface area contributed by atoms with Crippen molar-refractivity contribution < 1.29 is 9.53 Å². The lowest BCUT2D eigenvalue weighted by molar-refractivity contribution is -0.133. The van der Waals surface area contributed by atoms with Crippen molar-refractivity contribution >= 4 is 5.91 Å². The Labute approximate surface area is 103 Å². The zero-order valence-corrected chi connectivity index (χ0v) is 10.8. The summed E-state index contributed by atoms with van der Waals surface area (Å²) in [5, 5.41) is 11.9. The lowest BCUT2D eigenvalue weighted by Crippen LogP contribution is -2.48. The van der Waals surface area contributed by atoms with Crippen molar-refractivity contribution in [2.75, 3.05) is 20.3 Å². The first-order valence-corrected chi connectivity index (χ1v) is 6.33. The van der Waals surface area contributed by atoms with Crippen LogP contribution in [0.15, 0.2) is 0 Å². The monoisotopic (exact) mass is 238 g/mol. The number of nitriles is 1. The Hall–Kier alpha value is -1.08. The maximum Gasteiger partial charge on any atom is 0.240 e. The lowest BCUT2D eigenvalue weighted by Gasteiger charge is -2.39. The standard InChI is InChI=1S/C13H22N2O2/c1-11-8-13(9-11,10-14)12(16)15-6-4-3-5-7-17-2/h11H,3-9H2,1-2H3,(H,15,16). The summed E-state index contributed by atoms with van der Waals surface area (Å²) in [7, 11) is 1.69. The van der Waals surface area contributed by atoms with Crippen molar-refractivity contribution in [3.8, 4) is 6.07 Å². The van der Waals surface area contributed by atoms with Crippen molar-refractivity contribution in [2.45, 2.75) is 39.0 Å². The molecule has 0 aromatic heterocycles. The summed E-state index contributed by atoms with van der Waals surface area (Å²) < 4.78 is 4.95. The van der Waals surface area contributed by atoms with Gasteiger partial charge >= 0.3 is 0 Å². The van der Waals surface area contributed by atoms with E-state index in [4.69, 9.17) is 10.00 Å². The van der Waals surface area contributed by atoms with Crippen molar-refractivity contribution in [3.05, 3.63) is 0 Å². The number of ether oxygens (including phenoxy) is 1. The first-order chi connectivity index (χ1) is 8.14. The molecule has 0 aliphatic heterocycles. The van der Waals surface area contributed by atoms with E-state index >= 15 is 0 Å². The molecule has 17 heavy (non-hydrogen) atoms. The molecule has 0 spiro atoms. The molecule has 0 unspecified atom stereocenters. The Bertz CT molecular complexity index is 290. The quantitative estimate of drug-likeness (QED) is 0.689. The minimum Gasteiger partial charge on any atom is -0.385 e. The summed E-state index contributed by atoms with van der Waals surface area (Å²) in [5.74, 6) is 0.423. The highest BCUT2D eigenvalue weighted by Crippen LogP contribution is 2.44. The van der Waals surface area contributed by atoms with Gasteiger partial charge in [0.2, 0.25) is 5.91 Å². The highest BCUT2D eigenvalue weighted by molar-refractivity contribution is 5.86. The second-order valence-corrected chi connectivity index (χ2v) is 5.02. The van der Waals surface area contributed by atoms with Crippen LogP contribution in [0.2, 0.25) is 0 Å². The van der Waals surface area contributed by atoms with Crippen molar-refractivity contribution in [1.82, 2.24) is 5.32 Å². The van der Waals surface area contributed by atoms with Crippen molar-refractivity contribution in [2.24, 2.45) is 11.3 Å². The van der Waals surface area contributed by atoms with E-state index in [2.05, 4.69) is 18.3 Å². The fourth-order valence-electron chi connectivity index (χ4n) is 2.38. The van der Waals surface area contributed by atoms with Gasteiger partial charge < -0.3 is 10.1 Å². The third-order valence-corrected chi connectivity index (χ3v) is 3.35. The molecule has 1 amide bonds. The molecule has 0 bridgehead atoms. The van der Waals surface area contributed by atoms with Gasteiger partial charge in [-0.2, -0.15) is 5.26 Å². The molecule has 0 radical (unpaired) electrons. The van der Waals surface area contributed by atoms with Crippen LogP contribution in [-0.4, -0.2) is 26.2 Å². The van der Waals surface area contributed by atoms with E-state index in [0.717, 1.165) is 25.9 Å². The number of carbonyl (C=O) groups excluding carboxylic acids is 1. The predicted octanol–water partition coefficient (Wildman–Crippen LogP) is 1.86. The molecule has 1 N–H and O–H groups in total. The van der Waals surface area contributed by atoms with E-state index in [1.165, 1.54) is 0 Å². The fraction of sp³-hybridized carbons (Fsp3) is 0.846. The number of nitrogens with zero attached hydrogens (tertiary/aromatic N) is 1. The second-order valence-electron chi connectivity index (χ2n) is 5.02. The molecule has 1 aliphatic carbocycles. The summed E-state index contributed by atoms with van der Waals surface area (Å²) >= 11 is 0. The molecule has 4 nitrogen and oxygen atoms in total. The van der Waals surface area contributed by atoms with E-state index in [0.29, 0.717) is 25.3 Å². The van der Waals surface area contributed by atoms with E-state index in [9.17, 15) is 4.79 Å². The Morgan fingerprint density at radius 1 is 1.47 bits per heavy atom. The Morgan fingerprint density at radius 2 is 2.18 bits per heavy atom.